The van der Waals surface area contributed by atoms with Gasteiger partial charge in [-0.25, -0.2) is 4.52 Å². The van der Waals surface area contributed by atoms with E-state index in [1.165, 1.54) is 4.57 Å². The Labute approximate surface area is 183 Å². The van der Waals surface area contributed by atoms with Crippen LogP contribution in [0.3, 0.4) is 0 Å². The van der Waals surface area contributed by atoms with Gasteiger partial charge >= 0.3 is 0 Å². The van der Waals surface area contributed by atoms with Crippen LogP contribution in [0.25, 0.3) is 33.5 Å². The monoisotopic (exact) mass is 427 g/mol. The zero-order chi connectivity index (χ0) is 22.2. The molecular weight excluding hydrogens is 406 g/mol. The molecule has 32 heavy (non-hydrogen) atoms. The van der Waals surface area contributed by atoms with E-state index in [4.69, 9.17) is 14.6 Å². The van der Waals surface area contributed by atoms with E-state index in [1.54, 1.807) is 43.1 Å². The molecule has 0 bridgehead atoms. The van der Waals surface area contributed by atoms with Crippen LogP contribution in [0.15, 0.2) is 65.6 Å². The highest BCUT2D eigenvalue weighted by Gasteiger charge is 2.19. The van der Waals surface area contributed by atoms with E-state index in [1.807, 2.05) is 43.3 Å². The van der Waals surface area contributed by atoms with Gasteiger partial charge < -0.3 is 9.47 Å². The van der Waals surface area contributed by atoms with Gasteiger partial charge in [-0.15, -0.1) is 10.2 Å². The molecule has 0 unspecified atom stereocenters. The Bertz CT molecular complexity index is 1510. The Hall–Kier alpha value is -4.20. The van der Waals surface area contributed by atoms with Gasteiger partial charge in [0.15, 0.2) is 11.2 Å². The summed E-state index contributed by atoms with van der Waals surface area (Å²) >= 11 is 0. The van der Waals surface area contributed by atoms with Crippen LogP contribution in [-0.2, 0) is 6.42 Å². The van der Waals surface area contributed by atoms with Gasteiger partial charge in [0.25, 0.3) is 5.56 Å². The molecule has 5 rings (SSSR count). The molecule has 0 aliphatic rings. The second kappa shape index (κ2) is 7.81. The fraction of sp³-hybridized carbons (Fsp3) is 0.167. The minimum atomic E-state index is -0.310. The Morgan fingerprint density at radius 3 is 2.50 bits per heavy atom. The van der Waals surface area contributed by atoms with Gasteiger partial charge in [0.1, 0.15) is 17.0 Å². The van der Waals surface area contributed by atoms with Crippen LogP contribution in [0, 0.1) is 0 Å². The van der Waals surface area contributed by atoms with Gasteiger partial charge in [0.05, 0.1) is 31.2 Å². The van der Waals surface area contributed by atoms with Crippen LogP contribution >= 0.6 is 0 Å². The minimum absolute atomic E-state index is 0.225. The molecule has 0 fully saturated rings. The second-order valence-electron chi connectivity index (χ2n) is 7.24. The van der Waals surface area contributed by atoms with E-state index >= 15 is 0 Å². The number of aryl methyl sites for hydroxylation is 1. The van der Waals surface area contributed by atoms with E-state index in [-0.39, 0.29) is 11.1 Å². The van der Waals surface area contributed by atoms with Crippen molar-refractivity contribution in [1.29, 1.82) is 0 Å². The van der Waals surface area contributed by atoms with Crippen LogP contribution in [0.4, 0.5) is 0 Å². The molecule has 0 amide bonds. The van der Waals surface area contributed by atoms with Gasteiger partial charge in [-0.1, -0.05) is 37.3 Å². The summed E-state index contributed by atoms with van der Waals surface area (Å²) in [5.41, 5.74) is 4.58. The number of rotatable bonds is 5. The standard InChI is InChI=1S/C24H21N5O3/c1-4-17-21(15-8-6-5-7-9-15)23-26-25-22-19(29(23)27-17)12-13-28(24(22)30)18-11-10-16(31-2)14-20(18)32-3/h5-14H,4H2,1-3H3. The molecule has 0 radical (unpaired) electrons. The lowest BCUT2D eigenvalue weighted by atomic mass is 10.0. The summed E-state index contributed by atoms with van der Waals surface area (Å²) in [6.45, 7) is 2.05. The normalized spacial score (nSPS) is 11.2. The molecule has 8 nitrogen and oxygen atoms in total. The molecule has 0 atom stereocenters. The predicted octanol–water partition coefficient (Wildman–Crippen LogP) is 3.68. The van der Waals surface area contributed by atoms with E-state index < -0.39 is 0 Å². The number of pyridine rings is 1. The van der Waals surface area contributed by atoms with Crippen molar-refractivity contribution in [2.75, 3.05) is 14.2 Å². The third kappa shape index (κ3) is 2.99. The summed E-state index contributed by atoms with van der Waals surface area (Å²) in [5, 5.41) is 13.5. The Balaban J connectivity index is 1.75. The number of aromatic nitrogens is 5. The van der Waals surface area contributed by atoms with Crippen molar-refractivity contribution < 1.29 is 9.47 Å². The van der Waals surface area contributed by atoms with E-state index in [0.29, 0.717) is 28.4 Å². The summed E-state index contributed by atoms with van der Waals surface area (Å²) in [5.74, 6) is 1.15. The first-order valence-corrected chi connectivity index (χ1v) is 10.2. The van der Waals surface area contributed by atoms with Gasteiger partial charge in [0.2, 0.25) is 0 Å². The Morgan fingerprint density at radius 2 is 1.78 bits per heavy atom. The maximum Gasteiger partial charge on any atom is 0.285 e. The van der Waals surface area contributed by atoms with Crippen LogP contribution in [-0.4, -0.2) is 38.6 Å². The molecule has 3 heterocycles. The maximum atomic E-state index is 13.4. The summed E-state index contributed by atoms with van der Waals surface area (Å²) in [4.78, 5) is 13.4. The zero-order valence-corrected chi connectivity index (χ0v) is 17.9. The topological polar surface area (TPSA) is 83.5 Å². The highest BCUT2D eigenvalue weighted by atomic mass is 16.5. The first kappa shape index (κ1) is 19.7. The molecule has 0 N–H and O–H groups in total. The minimum Gasteiger partial charge on any atom is -0.497 e. The lowest BCUT2D eigenvalue weighted by Crippen LogP contribution is -2.20. The predicted molar refractivity (Wildman–Crippen MR) is 122 cm³/mol. The summed E-state index contributed by atoms with van der Waals surface area (Å²) in [6.07, 6.45) is 2.43. The Morgan fingerprint density at radius 1 is 0.969 bits per heavy atom. The van der Waals surface area contributed by atoms with E-state index in [9.17, 15) is 4.79 Å². The number of methoxy groups -OCH3 is 2. The van der Waals surface area contributed by atoms with Crippen LogP contribution in [0.5, 0.6) is 11.5 Å². The highest BCUT2D eigenvalue weighted by molar-refractivity contribution is 5.84. The third-order valence-corrected chi connectivity index (χ3v) is 5.50. The lowest BCUT2D eigenvalue weighted by Gasteiger charge is -2.13. The van der Waals surface area contributed by atoms with Crippen molar-refractivity contribution in [3.8, 4) is 28.3 Å². The molecule has 3 aromatic heterocycles. The molecule has 160 valence electrons. The fourth-order valence-electron chi connectivity index (χ4n) is 3.91. The van der Waals surface area contributed by atoms with Gasteiger partial charge in [-0.2, -0.15) is 5.10 Å². The number of fused-ring (bicyclic) bond motifs is 3. The highest BCUT2D eigenvalue weighted by Crippen LogP contribution is 2.30. The number of hydrogen-bond donors (Lipinski definition) is 0. The van der Waals surface area contributed by atoms with E-state index in [2.05, 4.69) is 10.2 Å². The lowest BCUT2D eigenvalue weighted by molar-refractivity contribution is 0.393. The molecule has 0 aliphatic heterocycles. The number of nitrogens with zero attached hydrogens (tertiary/aromatic N) is 5. The SMILES string of the molecule is CCc1nn2c(nnc3c(=O)n(-c4ccc(OC)cc4OC)ccc32)c1-c1ccccc1. The summed E-state index contributed by atoms with van der Waals surface area (Å²) in [6, 6.07) is 17.1. The van der Waals surface area contributed by atoms with Crippen LogP contribution in [0.1, 0.15) is 12.6 Å². The van der Waals surface area contributed by atoms with Crippen molar-refractivity contribution in [2.45, 2.75) is 13.3 Å². The largest absolute Gasteiger partial charge is 0.497 e. The summed E-state index contributed by atoms with van der Waals surface area (Å²) in [7, 11) is 3.13. The van der Waals surface area contributed by atoms with Gasteiger partial charge in [-0.05, 0) is 30.2 Å². The molecule has 0 saturated carbocycles. The fourth-order valence-corrected chi connectivity index (χ4v) is 3.91. The molecule has 5 aromatic rings. The second-order valence-corrected chi connectivity index (χ2v) is 7.24. The zero-order valence-electron chi connectivity index (χ0n) is 17.9. The van der Waals surface area contributed by atoms with Crippen LogP contribution in [0.2, 0.25) is 0 Å². The van der Waals surface area contributed by atoms with E-state index in [0.717, 1.165) is 23.2 Å². The summed E-state index contributed by atoms with van der Waals surface area (Å²) < 4.78 is 13.9. The molecule has 0 aliphatic carbocycles. The van der Waals surface area contributed by atoms with Crippen molar-refractivity contribution in [3.05, 3.63) is 76.8 Å². The Kier molecular flexibility index (Phi) is 4.82. The molecular formula is C24H21N5O3. The molecule has 0 spiro atoms. The van der Waals surface area contributed by atoms with Gasteiger partial charge in [0, 0.05) is 12.3 Å². The number of hydrogen-bond acceptors (Lipinski definition) is 6. The first-order chi connectivity index (χ1) is 15.7. The van der Waals surface area contributed by atoms with Crippen molar-refractivity contribution in [2.24, 2.45) is 0 Å². The first-order valence-electron chi connectivity index (χ1n) is 10.2. The third-order valence-electron chi connectivity index (χ3n) is 5.50. The van der Waals surface area contributed by atoms with Crippen LogP contribution < -0.4 is 15.0 Å². The average Bonchev–Trinajstić information content (AvgIpc) is 3.23. The van der Waals surface area contributed by atoms with Crippen molar-refractivity contribution in [3.63, 3.8) is 0 Å². The van der Waals surface area contributed by atoms with Crippen molar-refractivity contribution in [1.82, 2.24) is 24.4 Å². The number of benzene rings is 2. The number of ether oxygens (including phenoxy) is 2. The molecule has 0 saturated heterocycles. The maximum absolute atomic E-state index is 13.4. The average molecular weight is 427 g/mol. The molecule has 8 heteroatoms. The van der Waals surface area contributed by atoms with Gasteiger partial charge in [-0.3, -0.25) is 9.36 Å². The van der Waals surface area contributed by atoms with Crippen molar-refractivity contribution >= 4 is 16.7 Å². The smallest absolute Gasteiger partial charge is 0.285 e. The quantitative estimate of drug-likeness (QED) is 0.426. The molecule has 2 aromatic carbocycles.